The van der Waals surface area contributed by atoms with Gasteiger partial charge in [0.2, 0.25) is 0 Å². The lowest BCUT2D eigenvalue weighted by Crippen LogP contribution is -2.54. The number of aromatic nitrogens is 1. The molecule has 6 atom stereocenters. The molecule has 1 aromatic heterocycles. The number of benzene rings is 2. The number of carbonyl (C=O) groups excluding carboxylic acids is 1. The van der Waals surface area contributed by atoms with Gasteiger partial charge in [0.05, 0.1) is 11.6 Å². The van der Waals surface area contributed by atoms with Gasteiger partial charge in [-0.3, -0.25) is 19.5 Å². The highest BCUT2D eigenvalue weighted by Gasteiger charge is 2.42. The molecule has 188 valence electrons. The van der Waals surface area contributed by atoms with Crippen LogP contribution in [0, 0.1) is 11.8 Å². The Balaban J connectivity index is 0.000000189. The lowest BCUT2D eigenvalue weighted by molar-refractivity contribution is -0.137. The number of pyridine rings is 1. The van der Waals surface area contributed by atoms with Crippen LogP contribution in [0.25, 0.3) is 10.9 Å². The topological polar surface area (TPSA) is 90.7 Å². The first-order chi connectivity index (χ1) is 17.2. The maximum atomic E-state index is 11.7. The molecule has 2 aromatic carbocycles. The highest BCUT2D eigenvalue weighted by molar-refractivity contribution is 7.83. The Hall–Kier alpha value is -3.00. The second kappa shape index (κ2) is 10.9. The monoisotopic (exact) mass is 504 g/mol. The minimum Gasteiger partial charge on any atom is -0.480 e. The molecule has 3 aliphatic rings. The second-order valence-electron chi connectivity index (χ2n) is 9.68. The molecule has 0 amide bonds. The van der Waals surface area contributed by atoms with Crippen LogP contribution in [0.4, 0.5) is 0 Å². The highest BCUT2D eigenvalue weighted by atomic mass is 32.1. The van der Waals surface area contributed by atoms with Crippen molar-refractivity contribution >= 4 is 35.3 Å². The molecule has 2 bridgehead atoms. The van der Waals surface area contributed by atoms with E-state index in [0.717, 1.165) is 36.0 Å². The number of carbonyl (C=O) groups is 2. The predicted molar refractivity (Wildman–Crippen MR) is 144 cm³/mol. The molecule has 36 heavy (non-hydrogen) atoms. The summed E-state index contributed by atoms with van der Waals surface area (Å²) in [6.07, 6.45) is 5.76. The normalized spacial score (nSPS) is 25.2. The van der Waals surface area contributed by atoms with Gasteiger partial charge in [0, 0.05) is 29.7 Å². The van der Waals surface area contributed by atoms with Crippen molar-refractivity contribution in [3.63, 3.8) is 0 Å². The first-order valence-electron chi connectivity index (χ1n) is 12.2. The fourth-order valence-electron chi connectivity index (χ4n) is 5.26. The van der Waals surface area contributed by atoms with E-state index in [2.05, 4.69) is 41.2 Å². The number of hydrogen-bond acceptors (Lipinski definition) is 6. The standard InChI is InChI=1S/C19H22N2O.C10H10O3S/c1-2-13-12-21-10-8-14(13)11-18(21)19(22)16-7-9-20-17-6-4-3-5-15(16)17;1-10(14,9(12)13)8(11)7-5-3-2-4-6-7/h2-7,9,13-14,18-19,22H,1,8,10-12H2;2-6,14H,1H3,(H,12,13)/t13-,14-,18-,19+;/m0./s1. The number of nitrogens with zero attached hydrogens (tertiary/aromatic N) is 2. The molecule has 0 saturated carbocycles. The van der Waals surface area contributed by atoms with Crippen molar-refractivity contribution in [1.82, 2.24) is 9.88 Å². The molecule has 3 aromatic rings. The average Bonchev–Trinajstić information content (AvgIpc) is 2.92. The number of ketones is 1. The van der Waals surface area contributed by atoms with Crippen molar-refractivity contribution in [3.05, 3.63) is 90.6 Å². The summed E-state index contributed by atoms with van der Waals surface area (Å²) >= 11 is 3.84. The number of aliphatic hydroxyl groups excluding tert-OH is 1. The van der Waals surface area contributed by atoms with Crippen LogP contribution in [-0.4, -0.2) is 55.7 Å². The van der Waals surface area contributed by atoms with Crippen LogP contribution in [0.3, 0.4) is 0 Å². The molecular weight excluding hydrogens is 472 g/mol. The summed E-state index contributed by atoms with van der Waals surface area (Å²) in [6.45, 7) is 7.38. The minimum atomic E-state index is -1.67. The number of Topliss-reactive ketones (excluding diaryl/α,β-unsaturated/α-hetero) is 1. The fourth-order valence-corrected chi connectivity index (χ4v) is 5.39. The van der Waals surface area contributed by atoms with Crippen molar-refractivity contribution in [2.24, 2.45) is 11.8 Å². The fraction of sp³-hybridized carbons (Fsp3) is 0.345. The summed E-state index contributed by atoms with van der Waals surface area (Å²) in [5, 5.41) is 20.9. The minimum absolute atomic E-state index is 0.223. The van der Waals surface area contributed by atoms with E-state index < -0.39 is 22.6 Å². The van der Waals surface area contributed by atoms with Crippen molar-refractivity contribution in [1.29, 1.82) is 0 Å². The van der Waals surface area contributed by atoms with Gasteiger partial charge in [-0.25, -0.2) is 0 Å². The first kappa shape index (κ1) is 26.1. The number of carboxylic acid groups (broad SMARTS) is 1. The molecule has 0 aliphatic carbocycles. The third-order valence-corrected chi connectivity index (χ3v) is 7.81. The zero-order chi connectivity index (χ0) is 25.9. The Kier molecular flexibility index (Phi) is 7.93. The van der Waals surface area contributed by atoms with Crippen molar-refractivity contribution in [3.8, 4) is 0 Å². The Morgan fingerprint density at radius 1 is 1.17 bits per heavy atom. The Bertz CT molecular complexity index is 1240. The molecule has 3 aliphatic heterocycles. The largest absolute Gasteiger partial charge is 0.480 e. The third-order valence-electron chi connectivity index (χ3n) is 7.41. The molecule has 7 heteroatoms. The number of aliphatic carboxylic acids is 1. The summed E-state index contributed by atoms with van der Waals surface area (Å²) in [5.74, 6) is -0.481. The molecule has 0 radical (unpaired) electrons. The number of fused-ring (bicyclic) bond motifs is 4. The SMILES string of the molecule is C=C[C@H]1CN2CC[C@H]1C[C@H]2[C@H](O)c1ccnc2ccccc12.CC(S)(C(=O)O)C(=O)c1ccccc1. The van der Waals surface area contributed by atoms with E-state index in [0.29, 0.717) is 17.4 Å². The molecule has 3 saturated heterocycles. The van der Waals surface area contributed by atoms with E-state index in [9.17, 15) is 14.7 Å². The molecular formula is C29H32N2O4S. The van der Waals surface area contributed by atoms with Gasteiger partial charge >= 0.3 is 5.97 Å². The van der Waals surface area contributed by atoms with Crippen molar-refractivity contribution < 1.29 is 19.8 Å². The highest BCUT2D eigenvalue weighted by Crippen LogP contribution is 2.41. The Labute approximate surface area is 217 Å². The number of hydrogen-bond donors (Lipinski definition) is 3. The zero-order valence-electron chi connectivity index (χ0n) is 20.3. The average molecular weight is 505 g/mol. The summed E-state index contributed by atoms with van der Waals surface area (Å²) in [7, 11) is 0. The van der Waals surface area contributed by atoms with Gasteiger partial charge in [0.15, 0.2) is 10.5 Å². The maximum Gasteiger partial charge on any atom is 0.327 e. The van der Waals surface area contributed by atoms with Crippen LogP contribution in [-0.2, 0) is 4.79 Å². The van der Waals surface area contributed by atoms with Crippen LogP contribution < -0.4 is 0 Å². The molecule has 6 nitrogen and oxygen atoms in total. The molecule has 4 heterocycles. The van der Waals surface area contributed by atoms with Crippen molar-refractivity contribution in [2.75, 3.05) is 13.1 Å². The van der Waals surface area contributed by atoms with E-state index in [1.807, 2.05) is 30.5 Å². The van der Waals surface area contributed by atoms with Gasteiger partial charge in [-0.2, -0.15) is 12.6 Å². The number of piperidine rings is 3. The van der Waals surface area contributed by atoms with Gasteiger partial charge in [0.1, 0.15) is 0 Å². The van der Waals surface area contributed by atoms with Gasteiger partial charge in [0.25, 0.3) is 0 Å². The van der Waals surface area contributed by atoms with E-state index in [1.165, 1.54) is 13.3 Å². The van der Waals surface area contributed by atoms with Crippen molar-refractivity contribution in [2.45, 2.75) is 36.7 Å². The number of aliphatic hydroxyl groups is 1. The second-order valence-corrected chi connectivity index (χ2v) is 10.6. The molecule has 2 unspecified atom stereocenters. The lowest BCUT2D eigenvalue weighted by Gasteiger charge is -2.50. The number of para-hydroxylation sites is 1. The number of rotatable bonds is 6. The third kappa shape index (κ3) is 5.24. The first-order valence-corrected chi connectivity index (χ1v) is 12.6. The summed E-state index contributed by atoms with van der Waals surface area (Å²) < 4.78 is -1.67. The molecule has 6 rings (SSSR count). The maximum absolute atomic E-state index is 11.7. The predicted octanol–water partition coefficient (Wildman–Crippen LogP) is 4.81. The quantitative estimate of drug-likeness (QED) is 0.193. The van der Waals surface area contributed by atoms with E-state index >= 15 is 0 Å². The molecule has 3 fully saturated rings. The van der Waals surface area contributed by atoms with Gasteiger partial charge in [-0.15, -0.1) is 6.58 Å². The number of thiol groups is 1. The zero-order valence-corrected chi connectivity index (χ0v) is 21.2. The Morgan fingerprint density at radius 2 is 1.86 bits per heavy atom. The number of carboxylic acids is 1. The van der Waals surface area contributed by atoms with E-state index in [-0.39, 0.29) is 6.04 Å². The van der Waals surface area contributed by atoms with Gasteiger partial charge < -0.3 is 10.2 Å². The van der Waals surface area contributed by atoms with E-state index in [1.54, 1.807) is 30.3 Å². The van der Waals surface area contributed by atoms with Crippen LogP contribution in [0.2, 0.25) is 0 Å². The van der Waals surface area contributed by atoms with Crippen LogP contribution in [0.15, 0.2) is 79.5 Å². The smallest absolute Gasteiger partial charge is 0.327 e. The van der Waals surface area contributed by atoms with Crippen LogP contribution >= 0.6 is 12.6 Å². The summed E-state index contributed by atoms with van der Waals surface area (Å²) in [4.78, 5) is 29.2. The van der Waals surface area contributed by atoms with Crippen LogP contribution in [0.5, 0.6) is 0 Å². The van der Waals surface area contributed by atoms with Crippen LogP contribution in [0.1, 0.15) is 41.8 Å². The van der Waals surface area contributed by atoms with E-state index in [4.69, 9.17) is 5.11 Å². The van der Waals surface area contributed by atoms with Gasteiger partial charge in [-0.05, 0) is 55.8 Å². The summed E-state index contributed by atoms with van der Waals surface area (Å²) in [5.41, 5.74) is 2.32. The lowest BCUT2D eigenvalue weighted by atomic mass is 9.73. The molecule has 0 spiro atoms. The Morgan fingerprint density at radius 3 is 2.50 bits per heavy atom. The molecule has 2 N–H and O–H groups in total. The van der Waals surface area contributed by atoms with Gasteiger partial charge in [-0.1, -0.05) is 54.6 Å². The summed E-state index contributed by atoms with van der Waals surface area (Å²) in [6, 6.07) is 18.5.